The molecule has 0 saturated heterocycles. The quantitative estimate of drug-likeness (QED) is 0.792. The fourth-order valence-corrected chi connectivity index (χ4v) is 2.88. The van der Waals surface area contributed by atoms with Crippen LogP contribution in [0.15, 0.2) is 0 Å². The number of amides is 2. The van der Waals surface area contributed by atoms with Crippen LogP contribution >= 0.6 is 0 Å². The van der Waals surface area contributed by atoms with Crippen LogP contribution in [0.3, 0.4) is 0 Å². The number of carbonyl (C=O) groups is 1. The predicted octanol–water partition coefficient (Wildman–Crippen LogP) is 3.69. The molecule has 18 heavy (non-hydrogen) atoms. The van der Waals surface area contributed by atoms with E-state index in [1.54, 1.807) is 0 Å². The Morgan fingerprint density at radius 1 is 1.28 bits per heavy atom. The zero-order valence-electron chi connectivity index (χ0n) is 12.7. The summed E-state index contributed by atoms with van der Waals surface area (Å²) in [5.41, 5.74) is 0.273. The van der Waals surface area contributed by atoms with Gasteiger partial charge in [-0.05, 0) is 37.5 Å². The Morgan fingerprint density at radius 2 is 1.89 bits per heavy atom. The fraction of sp³-hybridized carbons (Fsp3) is 0.933. The molecule has 0 aromatic carbocycles. The van der Waals surface area contributed by atoms with Gasteiger partial charge in [-0.2, -0.15) is 0 Å². The van der Waals surface area contributed by atoms with Crippen LogP contribution in [0, 0.1) is 11.3 Å². The van der Waals surface area contributed by atoms with E-state index in [4.69, 9.17) is 0 Å². The first-order valence-electron chi connectivity index (χ1n) is 7.41. The molecular formula is C15H30N2O. The topological polar surface area (TPSA) is 41.1 Å². The van der Waals surface area contributed by atoms with Gasteiger partial charge in [0.15, 0.2) is 0 Å². The van der Waals surface area contributed by atoms with Gasteiger partial charge < -0.3 is 10.6 Å². The van der Waals surface area contributed by atoms with Gasteiger partial charge >= 0.3 is 6.03 Å². The normalized spacial score (nSPS) is 26.5. The second kappa shape index (κ2) is 6.44. The SMILES string of the molecule is CC[C@H](C)NC(=O)N[C@H]1CCCC[C@@H]1C(C)(C)C. The summed E-state index contributed by atoms with van der Waals surface area (Å²) < 4.78 is 0. The van der Waals surface area contributed by atoms with Crippen molar-refractivity contribution in [3.63, 3.8) is 0 Å². The first-order valence-corrected chi connectivity index (χ1v) is 7.41. The average Bonchev–Trinajstić information content (AvgIpc) is 2.27. The molecule has 0 aliphatic heterocycles. The molecule has 2 amide bonds. The second-order valence-electron chi connectivity index (χ2n) is 6.79. The zero-order chi connectivity index (χ0) is 13.8. The highest BCUT2D eigenvalue weighted by Crippen LogP contribution is 2.37. The Kier molecular flexibility index (Phi) is 5.48. The second-order valence-corrected chi connectivity index (χ2v) is 6.79. The third-order valence-corrected chi connectivity index (χ3v) is 4.18. The summed E-state index contributed by atoms with van der Waals surface area (Å²) in [5, 5.41) is 6.19. The smallest absolute Gasteiger partial charge is 0.315 e. The molecule has 0 unspecified atom stereocenters. The summed E-state index contributed by atoms with van der Waals surface area (Å²) in [6.45, 7) is 11.0. The maximum absolute atomic E-state index is 11.9. The molecule has 1 aliphatic carbocycles. The Balaban J connectivity index is 2.54. The van der Waals surface area contributed by atoms with Crippen molar-refractivity contribution in [1.82, 2.24) is 10.6 Å². The van der Waals surface area contributed by atoms with Crippen LogP contribution in [-0.4, -0.2) is 18.1 Å². The van der Waals surface area contributed by atoms with E-state index in [-0.39, 0.29) is 17.5 Å². The van der Waals surface area contributed by atoms with Crippen molar-refractivity contribution in [1.29, 1.82) is 0 Å². The summed E-state index contributed by atoms with van der Waals surface area (Å²) >= 11 is 0. The van der Waals surface area contributed by atoms with E-state index in [1.807, 2.05) is 6.92 Å². The summed E-state index contributed by atoms with van der Waals surface area (Å²) in [6.07, 6.45) is 5.86. The van der Waals surface area contributed by atoms with Crippen molar-refractivity contribution < 1.29 is 4.79 Å². The monoisotopic (exact) mass is 254 g/mol. The van der Waals surface area contributed by atoms with E-state index in [1.165, 1.54) is 19.3 Å². The van der Waals surface area contributed by atoms with Gasteiger partial charge in [-0.15, -0.1) is 0 Å². The first kappa shape index (κ1) is 15.3. The summed E-state index contributed by atoms with van der Waals surface area (Å²) in [7, 11) is 0. The molecule has 2 N–H and O–H groups in total. The minimum Gasteiger partial charge on any atom is -0.336 e. The van der Waals surface area contributed by atoms with Gasteiger partial charge in [0.2, 0.25) is 0 Å². The molecule has 0 aromatic heterocycles. The van der Waals surface area contributed by atoms with Crippen LogP contribution in [0.5, 0.6) is 0 Å². The summed E-state index contributed by atoms with van der Waals surface area (Å²) in [5.74, 6) is 0.592. The summed E-state index contributed by atoms with van der Waals surface area (Å²) in [4.78, 5) is 11.9. The molecule has 0 aromatic rings. The Bertz CT molecular complexity index is 270. The Labute approximate surface area is 112 Å². The molecule has 1 rings (SSSR count). The highest BCUT2D eigenvalue weighted by molar-refractivity contribution is 5.74. The minimum absolute atomic E-state index is 0.00509. The lowest BCUT2D eigenvalue weighted by molar-refractivity contribution is 0.133. The Hall–Kier alpha value is -0.730. The molecule has 1 aliphatic rings. The number of hydrogen-bond donors (Lipinski definition) is 2. The number of rotatable bonds is 3. The number of carbonyl (C=O) groups excluding carboxylic acids is 1. The fourth-order valence-electron chi connectivity index (χ4n) is 2.88. The van der Waals surface area contributed by atoms with E-state index < -0.39 is 0 Å². The van der Waals surface area contributed by atoms with Gasteiger partial charge in [0, 0.05) is 12.1 Å². The van der Waals surface area contributed by atoms with Crippen LogP contribution in [0.1, 0.15) is 66.7 Å². The van der Waals surface area contributed by atoms with Crippen molar-refractivity contribution in [3.8, 4) is 0 Å². The molecule has 0 bridgehead atoms. The maximum atomic E-state index is 11.9. The largest absolute Gasteiger partial charge is 0.336 e. The molecular weight excluding hydrogens is 224 g/mol. The lowest BCUT2D eigenvalue weighted by atomic mass is 9.69. The molecule has 0 radical (unpaired) electrons. The van der Waals surface area contributed by atoms with Crippen molar-refractivity contribution >= 4 is 6.03 Å². The lowest BCUT2D eigenvalue weighted by Gasteiger charge is -2.40. The maximum Gasteiger partial charge on any atom is 0.315 e. The van der Waals surface area contributed by atoms with Crippen LogP contribution < -0.4 is 10.6 Å². The number of nitrogens with one attached hydrogen (secondary N) is 2. The van der Waals surface area contributed by atoms with Crippen molar-refractivity contribution in [2.24, 2.45) is 11.3 Å². The average molecular weight is 254 g/mol. The lowest BCUT2D eigenvalue weighted by Crippen LogP contribution is -2.51. The van der Waals surface area contributed by atoms with E-state index in [0.717, 1.165) is 12.8 Å². The van der Waals surface area contributed by atoms with Gasteiger partial charge in [-0.3, -0.25) is 0 Å². The van der Waals surface area contributed by atoms with Gasteiger partial charge in [-0.25, -0.2) is 4.79 Å². The van der Waals surface area contributed by atoms with Crippen LogP contribution in [0.25, 0.3) is 0 Å². The first-order chi connectivity index (χ1) is 8.34. The van der Waals surface area contributed by atoms with E-state index in [2.05, 4.69) is 38.3 Å². The molecule has 0 heterocycles. The van der Waals surface area contributed by atoms with E-state index >= 15 is 0 Å². The van der Waals surface area contributed by atoms with Gasteiger partial charge in [0.25, 0.3) is 0 Å². The van der Waals surface area contributed by atoms with Crippen molar-refractivity contribution in [2.45, 2.75) is 78.8 Å². The Morgan fingerprint density at radius 3 is 2.44 bits per heavy atom. The highest BCUT2D eigenvalue weighted by atomic mass is 16.2. The third-order valence-electron chi connectivity index (χ3n) is 4.18. The van der Waals surface area contributed by atoms with Crippen molar-refractivity contribution in [2.75, 3.05) is 0 Å². The van der Waals surface area contributed by atoms with Crippen molar-refractivity contribution in [3.05, 3.63) is 0 Å². The van der Waals surface area contributed by atoms with Crippen LogP contribution in [0.2, 0.25) is 0 Å². The molecule has 3 heteroatoms. The van der Waals surface area contributed by atoms with E-state index in [0.29, 0.717) is 12.0 Å². The predicted molar refractivity (Wildman–Crippen MR) is 76.6 cm³/mol. The van der Waals surface area contributed by atoms with Crippen LogP contribution in [0.4, 0.5) is 4.79 Å². The number of hydrogen-bond acceptors (Lipinski definition) is 1. The van der Waals surface area contributed by atoms with Crippen LogP contribution in [-0.2, 0) is 0 Å². The standard InChI is InChI=1S/C15H30N2O/c1-6-11(2)16-14(18)17-13-10-8-7-9-12(13)15(3,4)5/h11-13H,6-10H2,1-5H3,(H2,16,17,18)/t11-,12-,13-/m0/s1. The highest BCUT2D eigenvalue weighted by Gasteiger charge is 2.34. The molecule has 1 fully saturated rings. The minimum atomic E-state index is 0.00509. The van der Waals surface area contributed by atoms with Gasteiger partial charge in [0.05, 0.1) is 0 Å². The molecule has 3 nitrogen and oxygen atoms in total. The van der Waals surface area contributed by atoms with Gasteiger partial charge in [0.1, 0.15) is 0 Å². The summed E-state index contributed by atoms with van der Waals surface area (Å²) in [6, 6.07) is 0.593. The number of urea groups is 1. The molecule has 106 valence electrons. The molecule has 0 spiro atoms. The molecule has 3 atom stereocenters. The zero-order valence-corrected chi connectivity index (χ0v) is 12.7. The van der Waals surface area contributed by atoms with E-state index in [9.17, 15) is 4.79 Å². The third kappa shape index (κ3) is 4.51. The van der Waals surface area contributed by atoms with Gasteiger partial charge in [-0.1, -0.05) is 40.5 Å². The molecule has 1 saturated carbocycles.